The van der Waals surface area contributed by atoms with Crippen LogP contribution >= 0.6 is 0 Å². The van der Waals surface area contributed by atoms with Crippen LogP contribution < -0.4 is 0 Å². The number of aromatic nitrogens is 3. The summed E-state index contributed by atoms with van der Waals surface area (Å²) in [5.41, 5.74) is 1.83. The number of amides is 1. The Bertz CT molecular complexity index is 960. The number of rotatable bonds is 6. The zero-order chi connectivity index (χ0) is 19.4. The largest absolute Gasteiger partial charge is 0.433 e. The molecule has 3 rings (SSSR count). The molecule has 9 nitrogen and oxygen atoms in total. The fourth-order valence-corrected chi connectivity index (χ4v) is 2.46. The van der Waals surface area contributed by atoms with Gasteiger partial charge in [-0.2, -0.15) is 5.10 Å². The predicted octanol–water partition coefficient (Wildman–Crippen LogP) is 3.00. The van der Waals surface area contributed by atoms with Crippen molar-refractivity contribution in [3.05, 3.63) is 76.6 Å². The highest BCUT2D eigenvalue weighted by Crippen LogP contribution is 2.21. The molecule has 27 heavy (non-hydrogen) atoms. The first kappa shape index (κ1) is 18.1. The lowest BCUT2D eigenvalue weighted by molar-refractivity contribution is -0.402. The van der Waals surface area contributed by atoms with Crippen LogP contribution in [0.25, 0.3) is 11.8 Å². The Morgan fingerprint density at radius 3 is 2.63 bits per heavy atom. The maximum Gasteiger partial charge on any atom is 0.433 e. The van der Waals surface area contributed by atoms with E-state index in [1.54, 1.807) is 23.0 Å². The molecule has 1 aromatic carbocycles. The molecule has 138 valence electrons. The summed E-state index contributed by atoms with van der Waals surface area (Å²) in [5, 5.41) is 14.7. The summed E-state index contributed by atoms with van der Waals surface area (Å²) in [5.74, 6) is -0.369. The predicted molar refractivity (Wildman–Crippen MR) is 96.9 cm³/mol. The number of hydrogen-bond acceptors (Lipinski definition) is 6. The molecule has 0 saturated carbocycles. The quantitative estimate of drug-likeness (QED) is 0.376. The molecule has 2 heterocycles. The van der Waals surface area contributed by atoms with Gasteiger partial charge in [-0.3, -0.25) is 14.9 Å². The molecule has 1 amide bonds. The van der Waals surface area contributed by atoms with E-state index in [0.29, 0.717) is 0 Å². The minimum atomic E-state index is -0.629. The highest BCUT2D eigenvalue weighted by molar-refractivity contribution is 5.91. The lowest BCUT2D eigenvalue weighted by atomic mass is 10.1. The summed E-state index contributed by atoms with van der Waals surface area (Å²) in [7, 11) is 1.69. The Balaban J connectivity index is 1.66. The average Bonchev–Trinajstić information content (AvgIpc) is 3.37. The maximum absolute atomic E-state index is 12.4. The zero-order valence-corrected chi connectivity index (χ0v) is 14.7. The molecule has 0 fully saturated rings. The van der Waals surface area contributed by atoms with Gasteiger partial charge in [0.15, 0.2) is 0 Å². The normalized spacial score (nSPS) is 12.2. The van der Waals surface area contributed by atoms with Crippen molar-refractivity contribution in [1.29, 1.82) is 0 Å². The van der Waals surface area contributed by atoms with Gasteiger partial charge in [-0.15, -0.1) is 0 Å². The van der Waals surface area contributed by atoms with Gasteiger partial charge in [-0.1, -0.05) is 12.1 Å². The molecule has 0 spiro atoms. The van der Waals surface area contributed by atoms with E-state index in [2.05, 4.69) is 10.1 Å². The number of furan rings is 1. The number of carbonyl (C=O) groups is 1. The van der Waals surface area contributed by atoms with Crippen molar-refractivity contribution in [2.45, 2.75) is 13.0 Å². The standard InChI is InChI=1S/C18H17N5O4/c1-13(14-3-5-15(6-4-14)22-12-19-11-20-22)21(2)17(24)9-7-16-8-10-18(27-16)23(25)26/h3-13H,1-2H3/b9-7+/t13-/m0/s1. The molecular weight excluding hydrogens is 350 g/mol. The highest BCUT2D eigenvalue weighted by atomic mass is 16.6. The van der Waals surface area contributed by atoms with E-state index < -0.39 is 4.92 Å². The van der Waals surface area contributed by atoms with Gasteiger partial charge in [-0.05, 0) is 36.8 Å². The van der Waals surface area contributed by atoms with Crippen LogP contribution in [-0.4, -0.2) is 37.5 Å². The van der Waals surface area contributed by atoms with Gasteiger partial charge in [0.25, 0.3) is 0 Å². The highest BCUT2D eigenvalue weighted by Gasteiger charge is 2.16. The second-order valence-corrected chi connectivity index (χ2v) is 5.82. The fraction of sp³-hybridized carbons (Fsp3) is 0.167. The molecule has 0 bridgehead atoms. The minimum absolute atomic E-state index is 0.169. The van der Waals surface area contributed by atoms with Crippen LogP contribution in [0.15, 0.2) is 59.5 Å². The average molecular weight is 367 g/mol. The van der Waals surface area contributed by atoms with Crippen molar-refractivity contribution >= 4 is 17.9 Å². The van der Waals surface area contributed by atoms with Crippen molar-refractivity contribution in [2.75, 3.05) is 7.05 Å². The van der Waals surface area contributed by atoms with Crippen LogP contribution in [-0.2, 0) is 4.79 Å². The molecule has 0 aliphatic rings. The molecule has 0 aliphatic heterocycles. The van der Waals surface area contributed by atoms with Crippen LogP contribution in [0.5, 0.6) is 0 Å². The van der Waals surface area contributed by atoms with Crippen LogP contribution in [0.3, 0.4) is 0 Å². The second-order valence-electron chi connectivity index (χ2n) is 5.82. The summed E-state index contributed by atoms with van der Waals surface area (Å²) in [4.78, 5) is 27.8. The van der Waals surface area contributed by atoms with Crippen molar-refractivity contribution < 1.29 is 14.1 Å². The maximum atomic E-state index is 12.4. The van der Waals surface area contributed by atoms with Gasteiger partial charge < -0.3 is 9.32 Å². The molecule has 0 aliphatic carbocycles. The summed E-state index contributed by atoms with van der Waals surface area (Å²) >= 11 is 0. The van der Waals surface area contributed by atoms with E-state index in [9.17, 15) is 14.9 Å². The Morgan fingerprint density at radius 1 is 1.30 bits per heavy atom. The summed E-state index contributed by atoms with van der Waals surface area (Å²) < 4.78 is 6.65. The molecule has 1 atom stereocenters. The smallest absolute Gasteiger partial charge is 0.401 e. The number of likely N-dealkylation sites (N-methyl/N-ethyl adjacent to an activating group) is 1. The number of nitrogens with zero attached hydrogens (tertiary/aromatic N) is 5. The molecule has 2 aromatic heterocycles. The molecule has 3 aromatic rings. The second kappa shape index (κ2) is 7.65. The lowest BCUT2D eigenvalue weighted by Crippen LogP contribution is -2.27. The van der Waals surface area contributed by atoms with E-state index in [4.69, 9.17) is 4.42 Å². The van der Waals surface area contributed by atoms with Crippen LogP contribution in [0.2, 0.25) is 0 Å². The van der Waals surface area contributed by atoms with Crippen molar-refractivity contribution in [3.63, 3.8) is 0 Å². The third-order valence-corrected chi connectivity index (χ3v) is 4.17. The Hall–Kier alpha value is -3.75. The minimum Gasteiger partial charge on any atom is -0.401 e. The van der Waals surface area contributed by atoms with E-state index in [0.717, 1.165) is 11.3 Å². The first-order chi connectivity index (χ1) is 13.0. The molecule has 0 radical (unpaired) electrons. The van der Waals surface area contributed by atoms with Gasteiger partial charge in [0.2, 0.25) is 5.91 Å². The van der Waals surface area contributed by atoms with Crippen molar-refractivity contribution in [1.82, 2.24) is 19.7 Å². The van der Waals surface area contributed by atoms with E-state index in [1.807, 2.05) is 31.2 Å². The van der Waals surface area contributed by atoms with Gasteiger partial charge in [0, 0.05) is 13.1 Å². The van der Waals surface area contributed by atoms with Gasteiger partial charge in [0.05, 0.1) is 17.8 Å². The van der Waals surface area contributed by atoms with Crippen molar-refractivity contribution in [2.24, 2.45) is 0 Å². The van der Waals surface area contributed by atoms with Crippen molar-refractivity contribution in [3.8, 4) is 5.69 Å². The van der Waals surface area contributed by atoms with Gasteiger partial charge in [0.1, 0.15) is 23.3 Å². The van der Waals surface area contributed by atoms with E-state index in [-0.39, 0.29) is 23.6 Å². The van der Waals surface area contributed by atoms with Crippen LogP contribution in [0.4, 0.5) is 5.88 Å². The molecule has 0 unspecified atom stereocenters. The number of nitro groups is 1. The third-order valence-electron chi connectivity index (χ3n) is 4.17. The first-order valence-electron chi connectivity index (χ1n) is 8.10. The molecule has 0 N–H and O–H groups in total. The number of benzene rings is 1. The van der Waals surface area contributed by atoms with Gasteiger partial charge >= 0.3 is 5.88 Å². The first-order valence-corrected chi connectivity index (χ1v) is 8.10. The summed E-state index contributed by atoms with van der Waals surface area (Å²) in [6.07, 6.45) is 5.80. The summed E-state index contributed by atoms with van der Waals surface area (Å²) in [6.45, 7) is 1.91. The monoisotopic (exact) mass is 367 g/mol. The van der Waals surface area contributed by atoms with Gasteiger partial charge in [-0.25, -0.2) is 9.67 Å². The van der Waals surface area contributed by atoms with E-state index in [1.165, 1.54) is 30.6 Å². The van der Waals surface area contributed by atoms with Crippen LogP contribution in [0.1, 0.15) is 24.3 Å². The summed E-state index contributed by atoms with van der Waals surface area (Å²) in [6, 6.07) is 10.2. The Kier molecular flexibility index (Phi) is 5.11. The topological polar surface area (TPSA) is 107 Å². The number of carbonyl (C=O) groups excluding carboxylic acids is 1. The number of hydrogen-bond donors (Lipinski definition) is 0. The van der Waals surface area contributed by atoms with E-state index >= 15 is 0 Å². The molecule has 9 heteroatoms. The molecular formula is C18H17N5O4. The van der Waals surface area contributed by atoms with Crippen LogP contribution in [0, 0.1) is 10.1 Å². The Morgan fingerprint density at radius 2 is 2.04 bits per heavy atom. The SMILES string of the molecule is C[C@@H](c1ccc(-n2cncn2)cc1)N(C)C(=O)/C=C/c1ccc([N+](=O)[O-])o1. The lowest BCUT2D eigenvalue weighted by Gasteiger charge is -2.24. The molecule has 0 saturated heterocycles. The zero-order valence-electron chi connectivity index (χ0n) is 14.7. The fourth-order valence-electron chi connectivity index (χ4n) is 2.46. The Labute approximate surface area is 154 Å². The third kappa shape index (κ3) is 4.09.